The highest BCUT2D eigenvalue weighted by atomic mass is 32.2. The van der Waals surface area contributed by atoms with Crippen molar-refractivity contribution in [3.05, 3.63) is 0 Å². The van der Waals surface area contributed by atoms with Gasteiger partial charge in [0, 0.05) is 0 Å². The quantitative estimate of drug-likeness (QED) is 0.629. The largest absolute Gasteiger partial charge is 0.444 e. The Hall–Kier alpha value is -0.910. The number of carbonyl (C=O) groups excluding carboxylic acids is 1. The Labute approximate surface area is 125 Å². The van der Waals surface area contributed by atoms with Crippen LogP contribution >= 0.6 is 0 Å². The first-order valence-corrected chi connectivity index (χ1v) is 9.49. The van der Waals surface area contributed by atoms with E-state index in [2.05, 4.69) is 13.7 Å². The number of ether oxygens (including phenoxy) is 1. The van der Waals surface area contributed by atoms with Crippen LogP contribution in [0.1, 0.15) is 20.8 Å². The Kier molecular flexibility index (Phi) is 7.06. The fourth-order valence-corrected chi connectivity index (χ4v) is 1.84. The Morgan fingerprint density at radius 1 is 1.00 bits per heavy atom. The molecule has 0 saturated carbocycles. The number of carbonyl (C=O) groups is 1. The average Bonchev–Trinajstić information content (AvgIpc) is 2.16. The zero-order valence-corrected chi connectivity index (χ0v) is 14.2. The van der Waals surface area contributed by atoms with Gasteiger partial charge < -0.3 is 10.1 Å². The zero-order valence-electron chi connectivity index (χ0n) is 12.6. The Balaban J connectivity index is 4.68. The van der Waals surface area contributed by atoms with Crippen molar-refractivity contribution < 1.29 is 34.7 Å². The summed E-state index contributed by atoms with van der Waals surface area (Å²) in [6.45, 7) is 3.96. The van der Waals surface area contributed by atoms with Gasteiger partial charge in [-0.2, -0.15) is 16.8 Å². The molecule has 0 aromatic heterocycles. The molecule has 0 aliphatic rings. The number of alkyl carbamates (subject to hydrolysis) is 1. The first-order chi connectivity index (χ1) is 9.18. The molecule has 9 nitrogen and oxygen atoms in total. The van der Waals surface area contributed by atoms with Crippen LogP contribution < -0.4 is 5.32 Å². The van der Waals surface area contributed by atoms with Crippen LogP contribution in [0.25, 0.3) is 0 Å². The van der Waals surface area contributed by atoms with Crippen LogP contribution in [0.3, 0.4) is 0 Å². The van der Waals surface area contributed by atoms with Gasteiger partial charge >= 0.3 is 6.09 Å². The highest BCUT2D eigenvalue weighted by Gasteiger charge is 2.22. The number of hydrogen-bond acceptors (Lipinski definition) is 8. The third-order valence-corrected chi connectivity index (χ3v) is 2.82. The molecule has 21 heavy (non-hydrogen) atoms. The molecule has 0 bridgehead atoms. The minimum Gasteiger partial charge on any atom is -0.444 e. The predicted octanol–water partition coefficient (Wildman–Crippen LogP) is -0.168. The molecule has 126 valence electrons. The van der Waals surface area contributed by atoms with Crippen molar-refractivity contribution in [1.82, 2.24) is 5.32 Å². The summed E-state index contributed by atoms with van der Waals surface area (Å²) in [5, 5.41) is 2.28. The molecule has 0 radical (unpaired) electrons. The van der Waals surface area contributed by atoms with Gasteiger partial charge in [-0.3, -0.25) is 8.37 Å². The number of amides is 1. The van der Waals surface area contributed by atoms with Crippen molar-refractivity contribution in [3.63, 3.8) is 0 Å². The Morgan fingerprint density at radius 3 is 1.67 bits per heavy atom. The van der Waals surface area contributed by atoms with Gasteiger partial charge in [0.05, 0.1) is 31.8 Å². The van der Waals surface area contributed by atoms with E-state index in [0.29, 0.717) is 0 Å². The number of nitrogens with one attached hydrogen (secondary N) is 1. The van der Waals surface area contributed by atoms with Gasteiger partial charge in [0.2, 0.25) is 0 Å². The van der Waals surface area contributed by atoms with Crippen LogP contribution in [-0.4, -0.2) is 60.3 Å². The lowest BCUT2D eigenvalue weighted by Crippen LogP contribution is -2.44. The van der Waals surface area contributed by atoms with E-state index in [-0.39, 0.29) is 0 Å². The standard InChI is InChI=1S/C10H21NO8S2/c1-10(2,3)19-9(12)11-8(6-17-20(4,13)14)7-18-21(5,15)16/h8H,6-7H2,1-5H3,(H,11,12). The van der Waals surface area contributed by atoms with Gasteiger partial charge in [0.15, 0.2) is 0 Å². The van der Waals surface area contributed by atoms with Crippen molar-refractivity contribution in [2.45, 2.75) is 32.4 Å². The number of rotatable bonds is 7. The first kappa shape index (κ1) is 20.1. The van der Waals surface area contributed by atoms with Crippen LogP contribution in [0.5, 0.6) is 0 Å². The third kappa shape index (κ3) is 13.8. The fraction of sp³-hybridized carbons (Fsp3) is 0.900. The van der Waals surface area contributed by atoms with Gasteiger partial charge in [-0.15, -0.1) is 0 Å². The maximum Gasteiger partial charge on any atom is 0.408 e. The van der Waals surface area contributed by atoms with Gasteiger partial charge in [0.1, 0.15) is 5.60 Å². The molecule has 1 N–H and O–H groups in total. The van der Waals surface area contributed by atoms with Crippen LogP contribution in [0.4, 0.5) is 4.79 Å². The van der Waals surface area contributed by atoms with Crippen LogP contribution in [0.2, 0.25) is 0 Å². The molecular formula is C10H21NO8S2. The SMILES string of the molecule is CC(C)(C)OC(=O)NC(COS(C)(=O)=O)COS(C)(=O)=O. The lowest BCUT2D eigenvalue weighted by atomic mass is 10.2. The van der Waals surface area contributed by atoms with Crippen LogP contribution in [0, 0.1) is 0 Å². The molecule has 0 rings (SSSR count). The van der Waals surface area contributed by atoms with Gasteiger partial charge in [0.25, 0.3) is 20.2 Å². The molecule has 0 aromatic rings. The van der Waals surface area contributed by atoms with Gasteiger partial charge in [-0.05, 0) is 20.8 Å². The van der Waals surface area contributed by atoms with Crippen molar-refractivity contribution >= 4 is 26.3 Å². The summed E-state index contributed by atoms with van der Waals surface area (Å²) in [5.41, 5.74) is -0.760. The van der Waals surface area contributed by atoms with E-state index < -0.39 is 51.2 Å². The van der Waals surface area contributed by atoms with Gasteiger partial charge in [-0.1, -0.05) is 0 Å². The summed E-state index contributed by atoms with van der Waals surface area (Å²) >= 11 is 0. The monoisotopic (exact) mass is 347 g/mol. The first-order valence-electron chi connectivity index (χ1n) is 5.86. The summed E-state index contributed by atoms with van der Waals surface area (Å²) in [7, 11) is -7.48. The van der Waals surface area contributed by atoms with Crippen LogP contribution in [0.15, 0.2) is 0 Å². The van der Waals surface area contributed by atoms with E-state index in [1.807, 2.05) is 0 Å². The molecular weight excluding hydrogens is 326 g/mol. The summed E-state index contributed by atoms with van der Waals surface area (Å²) in [6, 6.07) is -1.01. The lowest BCUT2D eigenvalue weighted by molar-refractivity contribution is 0.0467. The molecule has 0 aliphatic carbocycles. The van der Waals surface area contributed by atoms with Gasteiger partial charge in [-0.25, -0.2) is 4.79 Å². The highest BCUT2D eigenvalue weighted by Crippen LogP contribution is 2.07. The van der Waals surface area contributed by atoms with E-state index in [1.165, 1.54) is 0 Å². The minimum atomic E-state index is -3.74. The number of hydrogen-bond donors (Lipinski definition) is 1. The topological polar surface area (TPSA) is 125 Å². The third-order valence-electron chi connectivity index (χ3n) is 1.69. The Bertz CT molecular complexity index is 510. The van der Waals surface area contributed by atoms with E-state index >= 15 is 0 Å². The van der Waals surface area contributed by atoms with Crippen molar-refractivity contribution in [1.29, 1.82) is 0 Å². The van der Waals surface area contributed by atoms with E-state index in [4.69, 9.17) is 4.74 Å². The maximum atomic E-state index is 11.6. The van der Waals surface area contributed by atoms with E-state index in [0.717, 1.165) is 12.5 Å². The van der Waals surface area contributed by atoms with Crippen molar-refractivity contribution in [3.8, 4) is 0 Å². The average molecular weight is 347 g/mol. The molecule has 11 heteroatoms. The molecule has 0 atom stereocenters. The minimum absolute atomic E-state index is 0.479. The lowest BCUT2D eigenvalue weighted by Gasteiger charge is -2.23. The molecule has 0 unspecified atom stereocenters. The highest BCUT2D eigenvalue weighted by molar-refractivity contribution is 7.86. The van der Waals surface area contributed by atoms with Crippen molar-refractivity contribution in [2.24, 2.45) is 0 Å². The summed E-state index contributed by atoms with van der Waals surface area (Å²) in [6.07, 6.45) is 0.811. The molecule has 0 heterocycles. The second kappa shape index (κ2) is 7.38. The Morgan fingerprint density at radius 2 is 1.38 bits per heavy atom. The maximum absolute atomic E-state index is 11.6. The zero-order chi connectivity index (χ0) is 16.9. The smallest absolute Gasteiger partial charge is 0.408 e. The predicted molar refractivity (Wildman–Crippen MR) is 74.7 cm³/mol. The molecule has 0 fully saturated rings. The molecule has 1 amide bonds. The summed E-state index contributed by atoms with van der Waals surface area (Å²) in [4.78, 5) is 11.6. The second-order valence-electron chi connectivity index (χ2n) is 5.32. The summed E-state index contributed by atoms with van der Waals surface area (Å²) < 4.78 is 57.7. The second-order valence-corrected chi connectivity index (χ2v) is 8.61. The van der Waals surface area contributed by atoms with Crippen LogP contribution in [-0.2, 0) is 33.3 Å². The fourth-order valence-electron chi connectivity index (χ4n) is 1.02. The van der Waals surface area contributed by atoms with E-state index in [9.17, 15) is 21.6 Å². The molecule has 0 aromatic carbocycles. The molecule has 0 saturated heterocycles. The normalized spacial score (nSPS) is 13.2. The van der Waals surface area contributed by atoms with E-state index in [1.54, 1.807) is 20.8 Å². The molecule has 0 aliphatic heterocycles. The van der Waals surface area contributed by atoms with Crippen molar-refractivity contribution in [2.75, 3.05) is 25.7 Å². The summed E-state index contributed by atoms with van der Waals surface area (Å²) in [5.74, 6) is 0. The molecule has 0 spiro atoms.